The van der Waals surface area contributed by atoms with Gasteiger partial charge < -0.3 is 5.11 Å². The van der Waals surface area contributed by atoms with Gasteiger partial charge in [-0.3, -0.25) is 0 Å². The highest BCUT2D eigenvalue weighted by atomic mass is 16.3. The Morgan fingerprint density at radius 2 is 1.26 bits per heavy atom. The van der Waals surface area contributed by atoms with Gasteiger partial charge >= 0.3 is 0 Å². The van der Waals surface area contributed by atoms with Crippen LogP contribution in [0, 0.1) is 0 Å². The Labute approximate surface area is 138 Å². The quantitative estimate of drug-likeness (QED) is 0.613. The lowest BCUT2D eigenvalue weighted by molar-refractivity contribution is 0.477. The maximum atomic E-state index is 10.4. The molecule has 0 unspecified atom stereocenters. The third-order valence-electron chi connectivity index (χ3n) is 4.17. The standard InChI is InChI=1S/C22H22O/c1-22(2,3)19-12-9-16(10-13-19)18-11-14-20(21(23)15-18)17-7-5-4-6-8-17/h4-15,23H,1-3H3. The Morgan fingerprint density at radius 3 is 1.83 bits per heavy atom. The summed E-state index contributed by atoms with van der Waals surface area (Å²) in [5.41, 5.74) is 5.50. The van der Waals surface area contributed by atoms with Crippen LogP contribution in [0.2, 0.25) is 0 Å². The molecule has 0 atom stereocenters. The minimum atomic E-state index is 0.151. The third kappa shape index (κ3) is 3.29. The first-order valence-corrected chi connectivity index (χ1v) is 7.94. The van der Waals surface area contributed by atoms with Gasteiger partial charge in [0.05, 0.1) is 0 Å². The van der Waals surface area contributed by atoms with E-state index in [9.17, 15) is 5.11 Å². The van der Waals surface area contributed by atoms with Crippen LogP contribution in [0.5, 0.6) is 5.75 Å². The summed E-state index contributed by atoms with van der Waals surface area (Å²) in [6.07, 6.45) is 0. The van der Waals surface area contributed by atoms with Gasteiger partial charge in [-0.2, -0.15) is 0 Å². The van der Waals surface area contributed by atoms with E-state index in [0.717, 1.165) is 22.3 Å². The molecule has 3 aromatic carbocycles. The molecule has 0 aliphatic carbocycles. The molecule has 1 N–H and O–H groups in total. The van der Waals surface area contributed by atoms with Crippen molar-refractivity contribution in [3.63, 3.8) is 0 Å². The Morgan fingerprint density at radius 1 is 0.652 bits per heavy atom. The zero-order chi connectivity index (χ0) is 16.4. The number of phenols is 1. The molecule has 0 radical (unpaired) electrons. The molecular formula is C22H22O. The smallest absolute Gasteiger partial charge is 0.124 e. The van der Waals surface area contributed by atoms with Crippen LogP contribution in [0.1, 0.15) is 26.3 Å². The number of hydrogen-bond acceptors (Lipinski definition) is 1. The summed E-state index contributed by atoms with van der Waals surface area (Å²) in [6.45, 7) is 6.63. The predicted molar refractivity (Wildman–Crippen MR) is 97.7 cm³/mol. The number of aromatic hydroxyl groups is 1. The van der Waals surface area contributed by atoms with Crippen LogP contribution in [-0.4, -0.2) is 5.11 Å². The molecular weight excluding hydrogens is 280 g/mol. The van der Waals surface area contributed by atoms with Crippen molar-refractivity contribution >= 4 is 0 Å². The van der Waals surface area contributed by atoms with E-state index >= 15 is 0 Å². The lowest BCUT2D eigenvalue weighted by atomic mass is 9.86. The van der Waals surface area contributed by atoms with Gasteiger partial charge in [0, 0.05) is 5.56 Å². The molecule has 116 valence electrons. The summed E-state index contributed by atoms with van der Waals surface area (Å²) in [6, 6.07) is 24.4. The third-order valence-corrected chi connectivity index (χ3v) is 4.17. The maximum absolute atomic E-state index is 10.4. The van der Waals surface area contributed by atoms with E-state index in [1.54, 1.807) is 0 Å². The summed E-state index contributed by atoms with van der Waals surface area (Å²) < 4.78 is 0. The van der Waals surface area contributed by atoms with E-state index in [0.29, 0.717) is 5.75 Å². The van der Waals surface area contributed by atoms with Gasteiger partial charge in [-0.15, -0.1) is 0 Å². The first-order valence-electron chi connectivity index (χ1n) is 7.94. The van der Waals surface area contributed by atoms with Gasteiger partial charge in [0.1, 0.15) is 5.75 Å². The van der Waals surface area contributed by atoms with Gasteiger partial charge in [-0.25, -0.2) is 0 Å². The predicted octanol–water partition coefficient (Wildman–Crippen LogP) is 6.02. The highest BCUT2D eigenvalue weighted by Crippen LogP contribution is 2.34. The van der Waals surface area contributed by atoms with Crippen molar-refractivity contribution in [2.45, 2.75) is 26.2 Å². The average molecular weight is 302 g/mol. The topological polar surface area (TPSA) is 20.2 Å². The molecule has 0 saturated carbocycles. The fraction of sp³-hybridized carbons (Fsp3) is 0.182. The van der Waals surface area contributed by atoms with Gasteiger partial charge in [-0.1, -0.05) is 87.5 Å². The lowest BCUT2D eigenvalue weighted by Gasteiger charge is -2.19. The average Bonchev–Trinajstić information content (AvgIpc) is 2.55. The summed E-state index contributed by atoms with van der Waals surface area (Å²) in [5.74, 6) is 0.314. The van der Waals surface area contributed by atoms with Crippen LogP contribution in [0.3, 0.4) is 0 Å². The highest BCUT2D eigenvalue weighted by molar-refractivity contribution is 5.76. The molecule has 23 heavy (non-hydrogen) atoms. The van der Waals surface area contributed by atoms with Crippen LogP contribution in [0.15, 0.2) is 72.8 Å². The van der Waals surface area contributed by atoms with Crippen LogP contribution < -0.4 is 0 Å². The fourth-order valence-corrected chi connectivity index (χ4v) is 2.74. The summed E-state index contributed by atoms with van der Waals surface area (Å²) in [7, 11) is 0. The van der Waals surface area contributed by atoms with Crippen molar-refractivity contribution in [1.29, 1.82) is 0 Å². The molecule has 0 bridgehead atoms. The Kier molecular flexibility index (Phi) is 3.96. The molecule has 0 aromatic heterocycles. The molecule has 0 aliphatic heterocycles. The van der Waals surface area contributed by atoms with Gasteiger partial charge in [0.25, 0.3) is 0 Å². The number of hydrogen-bond donors (Lipinski definition) is 1. The summed E-state index contributed by atoms with van der Waals surface area (Å²) >= 11 is 0. The molecule has 3 aromatic rings. The summed E-state index contributed by atoms with van der Waals surface area (Å²) in [4.78, 5) is 0. The van der Waals surface area contributed by atoms with Crippen molar-refractivity contribution in [2.75, 3.05) is 0 Å². The number of rotatable bonds is 2. The lowest BCUT2D eigenvalue weighted by Crippen LogP contribution is -2.10. The molecule has 0 amide bonds. The molecule has 0 saturated heterocycles. The van der Waals surface area contributed by atoms with Crippen molar-refractivity contribution in [3.8, 4) is 28.0 Å². The SMILES string of the molecule is CC(C)(C)c1ccc(-c2ccc(-c3ccccc3)c(O)c2)cc1. The second-order valence-electron chi connectivity index (χ2n) is 6.93. The van der Waals surface area contributed by atoms with Crippen LogP contribution in [0.25, 0.3) is 22.3 Å². The van der Waals surface area contributed by atoms with E-state index in [-0.39, 0.29) is 5.41 Å². The Bertz CT molecular complexity index is 794. The Hall–Kier alpha value is -2.54. The first-order chi connectivity index (χ1) is 10.9. The molecule has 0 spiro atoms. The van der Waals surface area contributed by atoms with Gasteiger partial charge in [-0.05, 0) is 33.7 Å². The molecule has 1 nitrogen and oxygen atoms in total. The van der Waals surface area contributed by atoms with E-state index in [1.807, 2.05) is 42.5 Å². The van der Waals surface area contributed by atoms with Crippen molar-refractivity contribution in [2.24, 2.45) is 0 Å². The van der Waals surface area contributed by atoms with Crippen molar-refractivity contribution < 1.29 is 5.11 Å². The Balaban J connectivity index is 1.94. The zero-order valence-electron chi connectivity index (χ0n) is 13.9. The van der Waals surface area contributed by atoms with Crippen LogP contribution >= 0.6 is 0 Å². The van der Waals surface area contributed by atoms with Crippen molar-refractivity contribution in [3.05, 3.63) is 78.4 Å². The largest absolute Gasteiger partial charge is 0.507 e. The fourth-order valence-electron chi connectivity index (χ4n) is 2.74. The number of benzene rings is 3. The van der Waals surface area contributed by atoms with E-state index in [2.05, 4.69) is 51.1 Å². The van der Waals surface area contributed by atoms with E-state index < -0.39 is 0 Å². The normalized spacial score (nSPS) is 11.4. The van der Waals surface area contributed by atoms with Crippen LogP contribution in [-0.2, 0) is 5.41 Å². The highest BCUT2D eigenvalue weighted by Gasteiger charge is 2.13. The van der Waals surface area contributed by atoms with E-state index in [1.165, 1.54) is 5.56 Å². The summed E-state index contributed by atoms with van der Waals surface area (Å²) in [5, 5.41) is 10.4. The van der Waals surface area contributed by atoms with Gasteiger partial charge in [0.15, 0.2) is 0 Å². The molecule has 1 heteroatoms. The van der Waals surface area contributed by atoms with Crippen molar-refractivity contribution in [1.82, 2.24) is 0 Å². The molecule has 0 fully saturated rings. The van der Waals surface area contributed by atoms with E-state index in [4.69, 9.17) is 0 Å². The maximum Gasteiger partial charge on any atom is 0.124 e. The minimum absolute atomic E-state index is 0.151. The second kappa shape index (κ2) is 5.92. The molecule has 0 heterocycles. The second-order valence-corrected chi connectivity index (χ2v) is 6.93. The minimum Gasteiger partial charge on any atom is -0.507 e. The monoisotopic (exact) mass is 302 g/mol. The molecule has 0 aliphatic rings. The van der Waals surface area contributed by atoms with Gasteiger partial charge in [0.2, 0.25) is 0 Å². The first kappa shape index (κ1) is 15.4. The molecule has 3 rings (SSSR count). The van der Waals surface area contributed by atoms with Crippen LogP contribution in [0.4, 0.5) is 0 Å². The number of phenolic OH excluding ortho intramolecular Hbond substituents is 1. The zero-order valence-corrected chi connectivity index (χ0v) is 13.9.